The van der Waals surface area contributed by atoms with Crippen molar-refractivity contribution in [2.45, 2.75) is 52.0 Å². The molecule has 4 rings (SSSR count). The summed E-state index contributed by atoms with van der Waals surface area (Å²) >= 11 is 0. The Hall–Kier alpha value is -2.95. The molecule has 2 aromatic rings. The van der Waals surface area contributed by atoms with Gasteiger partial charge in [-0.05, 0) is 56.5 Å². The smallest absolute Gasteiger partial charge is 0.261 e. The van der Waals surface area contributed by atoms with Crippen LogP contribution in [0.15, 0.2) is 36.4 Å². The number of hydrogen-bond acceptors (Lipinski definition) is 3. The first-order chi connectivity index (χ1) is 13.5. The molecule has 0 saturated heterocycles. The normalized spacial score (nSPS) is 17.0. The van der Waals surface area contributed by atoms with Crippen LogP contribution in [-0.4, -0.2) is 28.7 Å². The highest BCUT2D eigenvalue weighted by Gasteiger charge is 2.40. The van der Waals surface area contributed by atoms with E-state index in [-0.39, 0.29) is 23.8 Å². The van der Waals surface area contributed by atoms with Crippen molar-refractivity contribution >= 4 is 23.4 Å². The number of nitrogens with zero attached hydrogens (tertiary/aromatic N) is 1. The summed E-state index contributed by atoms with van der Waals surface area (Å²) in [6, 6.07) is 10.6. The standard InChI is InChI=1S/C23H24N2O3/c1-14-8-11-20(15(2)12-14)24-21(26)16-9-10-18-19(13-16)23(28)25(22(18)27)17-6-4-3-5-7-17/h8-13,17H,3-7H2,1-2H3,(H,24,26). The Morgan fingerprint density at radius 3 is 2.36 bits per heavy atom. The van der Waals surface area contributed by atoms with Crippen molar-refractivity contribution in [2.75, 3.05) is 5.32 Å². The van der Waals surface area contributed by atoms with Crippen LogP contribution in [-0.2, 0) is 0 Å². The molecule has 3 amide bonds. The second-order valence-electron chi connectivity index (χ2n) is 7.81. The van der Waals surface area contributed by atoms with Crippen molar-refractivity contribution in [3.8, 4) is 0 Å². The third kappa shape index (κ3) is 3.21. The summed E-state index contributed by atoms with van der Waals surface area (Å²) in [6.07, 6.45) is 4.97. The number of nitrogens with one attached hydrogen (secondary N) is 1. The summed E-state index contributed by atoms with van der Waals surface area (Å²) in [4.78, 5) is 39.8. The third-order valence-corrected chi connectivity index (χ3v) is 5.75. The van der Waals surface area contributed by atoms with Crippen molar-refractivity contribution in [2.24, 2.45) is 0 Å². The van der Waals surface area contributed by atoms with Crippen LogP contribution in [0.4, 0.5) is 5.69 Å². The first-order valence-corrected chi connectivity index (χ1v) is 9.86. The van der Waals surface area contributed by atoms with Gasteiger partial charge >= 0.3 is 0 Å². The highest BCUT2D eigenvalue weighted by atomic mass is 16.2. The van der Waals surface area contributed by atoms with E-state index in [1.54, 1.807) is 18.2 Å². The van der Waals surface area contributed by atoms with Crippen molar-refractivity contribution in [3.05, 3.63) is 64.2 Å². The number of carbonyl (C=O) groups excluding carboxylic acids is 3. The van der Waals surface area contributed by atoms with Gasteiger partial charge in [-0.15, -0.1) is 0 Å². The number of hydrogen-bond donors (Lipinski definition) is 1. The molecule has 0 unspecified atom stereocenters. The van der Waals surface area contributed by atoms with Gasteiger partial charge in [0.05, 0.1) is 11.1 Å². The molecule has 0 bridgehead atoms. The van der Waals surface area contributed by atoms with Crippen LogP contribution in [0.1, 0.15) is 74.3 Å². The average Bonchev–Trinajstić information content (AvgIpc) is 2.94. The lowest BCUT2D eigenvalue weighted by atomic mass is 9.94. The van der Waals surface area contributed by atoms with E-state index in [1.807, 2.05) is 32.0 Å². The molecule has 1 aliphatic carbocycles. The molecule has 0 atom stereocenters. The average molecular weight is 376 g/mol. The Morgan fingerprint density at radius 2 is 1.64 bits per heavy atom. The summed E-state index contributed by atoms with van der Waals surface area (Å²) in [5, 5.41) is 2.90. The minimum absolute atomic E-state index is 0.0198. The van der Waals surface area contributed by atoms with Gasteiger partial charge in [-0.1, -0.05) is 37.0 Å². The van der Waals surface area contributed by atoms with Crippen LogP contribution < -0.4 is 5.32 Å². The summed E-state index contributed by atoms with van der Waals surface area (Å²) in [5.41, 5.74) is 3.96. The molecule has 5 heteroatoms. The molecule has 0 spiro atoms. The molecular formula is C23H24N2O3. The monoisotopic (exact) mass is 376 g/mol. The lowest BCUT2D eigenvalue weighted by Gasteiger charge is -2.29. The van der Waals surface area contributed by atoms with Gasteiger partial charge in [0.2, 0.25) is 0 Å². The minimum Gasteiger partial charge on any atom is -0.322 e. The molecule has 1 saturated carbocycles. The number of benzene rings is 2. The molecule has 1 N–H and O–H groups in total. The van der Waals surface area contributed by atoms with Crippen molar-refractivity contribution in [3.63, 3.8) is 0 Å². The van der Waals surface area contributed by atoms with Crippen LogP contribution in [0.25, 0.3) is 0 Å². The summed E-state index contributed by atoms with van der Waals surface area (Å²) < 4.78 is 0. The fourth-order valence-electron chi connectivity index (χ4n) is 4.22. The molecular weight excluding hydrogens is 352 g/mol. The van der Waals surface area contributed by atoms with E-state index in [9.17, 15) is 14.4 Å². The molecule has 1 heterocycles. The Labute approximate surface area is 164 Å². The van der Waals surface area contributed by atoms with E-state index in [4.69, 9.17) is 0 Å². The SMILES string of the molecule is Cc1ccc(NC(=O)c2ccc3c(c2)C(=O)N(C2CCCCC2)C3=O)c(C)c1. The van der Waals surface area contributed by atoms with Gasteiger partial charge < -0.3 is 5.32 Å². The Morgan fingerprint density at radius 1 is 0.929 bits per heavy atom. The van der Waals surface area contributed by atoms with Gasteiger partial charge in [0.25, 0.3) is 17.7 Å². The number of imide groups is 1. The Bertz CT molecular complexity index is 974. The lowest BCUT2D eigenvalue weighted by Crippen LogP contribution is -2.40. The number of aryl methyl sites for hydroxylation is 2. The highest BCUT2D eigenvalue weighted by Crippen LogP contribution is 2.31. The maximum absolute atomic E-state index is 12.9. The fourth-order valence-corrected chi connectivity index (χ4v) is 4.22. The van der Waals surface area contributed by atoms with E-state index in [1.165, 1.54) is 4.90 Å². The van der Waals surface area contributed by atoms with E-state index in [2.05, 4.69) is 5.32 Å². The van der Waals surface area contributed by atoms with Gasteiger partial charge in [0.1, 0.15) is 0 Å². The minimum atomic E-state index is -0.286. The molecule has 1 aliphatic heterocycles. The van der Waals surface area contributed by atoms with E-state index in [0.29, 0.717) is 16.7 Å². The highest BCUT2D eigenvalue weighted by molar-refractivity contribution is 6.22. The van der Waals surface area contributed by atoms with Gasteiger partial charge in [-0.25, -0.2) is 0 Å². The van der Waals surface area contributed by atoms with Gasteiger partial charge in [0.15, 0.2) is 0 Å². The largest absolute Gasteiger partial charge is 0.322 e. The fraction of sp³-hybridized carbons (Fsp3) is 0.348. The quantitative estimate of drug-likeness (QED) is 0.803. The number of amides is 3. The first-order valence-electron chi connectivity index (χ1n) is 9.86. The molecule has 2 aliphatic rings. The predicted molar refractivity (Wildman–Crippen MR) is 108 cm³/mol. The van der Waals surface area contributed by atoms with Crippen LogP contribution in [0.5, 0.6) is 0 Å². The molecule has 0 aromatic heterocycles. The number of carbonyl (C=O) groups is 3. The van der Waals surface area contributed by atoms with Crippen LogP contribution in [0.3, 0.4) is 0 Å². The summed E-state index contributed by atoms with van der Waals surface area (Å²) in [7, 11) is 0. The zero-order chi connectivity index (χ0) is 19.8. The second-order valence-corrected chi connectivity index (χ2v) is 7.81. The van der Waals surface area contributed by atoms with E-state index >= 15 is 0 Å². The van der Waals surface area contributed by atoms with Crippen LogP contribution >= 0.6 is 0 Å². The van der Waals surface area contributed by atoms with Crippen molar-refractivity contribution in [1.82, 2.24) is 4.90 Å². The number of anilines is 1. The Kier molecular flexibility index (Phi) is 4.75. The number of rotatable bonds is 3. The van der Waals surface area contributed by atoms with Crippen molar-refractivity contribution < 1.29 is 14.4 Å². The predicted octanol–water partition coefficient (Wildman–Crippen LogP) is 4.48. The zero-order valence-corrected chi connectivity index (χ0v) is 16.2. The van der Waals surface area contributed by atoms with Crippen molar-refractivity contribution in [1.29, 1.82) is 0 Å². The molecule has 5 nitrogen and oxygen atoms in total. The van der Waals surface area contributed by atoms with E-state index < -0.39 is 0 Å². The van der Waals surface area contributed by atoms with Gasteiger partial charge in [0, 0.05) is 17.3 Å². The Balaban J connectivity index is 1.58. The van der Waals surface area contributed by atoms with E-state index in [0.717, 1.165) is 48.9 Å². The molecule has 28 heavy (non-hydrogen) atoms. The zero-order valence-electron chi connectivity index (χ0n) is 16.2. The second kappa shape index (κ2) is 7.23. The topological polar surface area (TPSA) is 66.5 Å². The maximum atomic E-state index is 12.9. The summed E-state index contributed by atoms with van der Waals surface area (Å²) in [6.45, 7) is 3.94. The summed E-state index contributed by atoms with van der Waals surface area (Å²) in [5.74, 6) is -0.785. The lowest BCUT2D eigenvalue weighted by molar-refractivity contribution is 0.0549. The third-order valence-electron chi connectivity index (χ3n) is 5.75. The van der Waals surface area contributed by atoms with Crippen LogP contribution in [0.2, 0.25) is 0 Å². The van der Waals surface area contributed by atoms with Gasteiger partial charge in [-0.3, -0.25) is 19.3 Å². The molecule has 144 valence electrons. The first kappa shape index (κ1) is 18.4. The molecule has 0 radical (unpaired) electrons. The number of fused-ring (bicyclic) bond motifs is 1. The molecule has 1 fully saturated rings. The molecule has 2 aromatic carbocycles. The van der Waals surface area contributed by atoms with Gasteiger partial charge in [-0.2, -0.15) is 0 Å². The van der Waals surface area contributed by atoms with Crippen LogP contribution in [0, 0.1) is 13.8 Å². The maximum Gasteiger partial charge on any atom is 0.261 e.